The SMILES string of the molecule is CC(c1cccs1)n1c(CCl)nc2c(C#N)cccc21. The predicted octanol–water partition coefficient (Wildman–Crippen LogP) is 4.32. The van der Waals surface area contributed by atoms with Crippen molar-refractivity contribution in [2.24, 2.45) is 0 Å². The number of rotatable bonds is 3. The normalized spacial score (nSPS) is 12.4. The van der Waals surface area contributed by atoms with Crippen LogP contribution in [-0.4, -0.2) is 9.55 Å². The van der Waals surface area contributed by atoms with Crippen molar-refractivity contribution < 1.29 is 0 Å². The van der Waals surface area contributed by atoms with Crippen molar-refractivity contribution in [1.82, 2.24) is 9.55 Å². The number of para-hydroxylation sites is 1. The molecule has 0 amide bonds. The Morgan fingerprint density at radius 2 is 2.25 bits per heavy atom. The highest BCUT2D eigenvalue weighted by molar-refractivity contribution is 7.10. The zero-order chi connectivity index (χ0) is 14.1. The second kappa shape index (κ2) is 5.28. The van der Waals surface area contributed by atoms with Crippen LogP contribution >= 0.6 is 22.9 Å². The van der Waals surface area contributed by atoms with Crippen LogP contribution in [0.4, 0.5) is 0 Å². The molecule has 0 saturated heterocycles. The van der Waals surface area contributed by atoms with Gasteiger partial charge in [0.2, 0.25) is 0 Å². The Bertz CT molecular complexity index is 783. The van der Waals surface area contributed by atoms with Crippen LogP contribution < -0.4 is 0 Å². The van der Waals surface area contributed by atoms with Crippen LogP contribution in [0.1, 0.15) is 29.2 Å². The maximum absolute atomic E-state index is 9.20. The number of nitrogens with zero attached hydrogens (tertiary/aromatic N) is 3. The van der Waals surface area contributed by atoms with Crippen LogP contribution in [0.25, 0.3) is 11.0 Å². The van der Waals surface area contributed by atoms with E-state index in [4.69, 9.17) is 11.6 Å². The van der Waals surface area contributed by atoms with E-state index in [9.17, 15) is 5.26 Å². The van der Waals surface area contributed by atoms with Gasteiger partial charge in [0.1, 0.15) is 17.4 Å². The fraction of sp³-hybridized carbons (Fsp3) is 0.200. The lowest BCUT2D eigenvalue weighted by molar-refractivity contribution is 0.644. The molecule has 5 heteroatoms. The fourth-order valence-corrected chi connectivity index (χ4v) is 3.40. The summed E-state index contributed by atoms with van der Waals surface area (Å²) < 4.78 is 2.12. The van der Waals surface area contributed by atoms with Gasteiger partial charge < -0.3 is 4.57 Å². The molecule has 1 aromatic carbocycles. The number of imidazole rings is 1. The number of benzene rings is 1. The number of nitriles is 1. The molecule has 100 valence electrons. The molecule has 0 aliphatic rings. The minimum atomic E-state index is 0.155. The lowest BCUT2D eigenvalue weighted by Gasteiger charge is -2.15. The van der Waals surface area contributed by atoms with E-state index < -0.39 is 0 Å². The predicted molar refractivity (Wildman–Crippen MR) is 82.1 cm³/mol. The molecule has 0 radical (unpaired) electrons. The molecule has 3 nitrogen and oxygen atoms in total. The van der Waals surface area contributed by atoms with Crippen LogP contribution in [-0.2, 0) is 5.88 Å². The Morgan fingerprint density at radius 3 is 2.90 bits per heavy atom. The lowest BCUT2D eigenvalue weighted by Crippen LogP contribution is -2.08. The molecule has 0 aliphatic carbocycles. The summed E-state index contributed by atoms with van der Waals surface area (Å²) >= 11 is 7.75. The third-order valence-corrected chi connectivity index (χ3v) is 4.66. The van der Waals surface area contributed by atoms with Crippen molar-refractivity contribution in [3.63, 3.8) is 0 Å². The molecule has 0 bridgehead atoms. The maximum Gasteiger partial charge on any atom is 0.125 e. The summed E-state index contributed by atoms with van der Waals surface area (Å²) in [5.74, 6) is 1.13. The molecule has 1 atom stereocenters. The van der Waals surface area contributed by atoms with Gasteiger partial charge in [-0.15, -0.1) is 22.9 Å². The van der Waals surface area contributed by atoms with E-state index in [1.807, 2.05) is 18.2 Å². The van der Waals surface area contributed by atoms with Crippen LogP contribution in [0.2, 0.25) is 0 Å². The summed E-state index contributed by atoms with van der Waals surface area (Å²) in [4.78, 5) is 5.79. The highest BCUT2D eigenvalue weighted by Gasteiger charge is 2.18. The fourth-order valence-electron chi connectivity index (χ4n) is 2.44. The number of thiophene rings is 1. The summed E-state index contributed by atoms with van der Waals surface area (Å²) in [7, 11) is 0. The summed E-state index contributed by atoms with van der Waals surface area (Å²) in [6, 6.07) is 12.2. The van der Waals surface area contributed by atoms with Gasteiger partial charge >= 0.3 is 0 Å². The first-order valence-electron chi connectivity index (χ1n) is 6.25. The highest BCUT2D eigenvalue weighted by atomic mass is 35.5. The lowest BCUT2D eigenvalue weighted by atomic mass is 10.2. The zero-order valence-electron chi connectivity index (χ0n) is 10.9. The number of fused-ring (bicyclic) bond motifs is 1. The molecule has 1 unspecified atom stereocenters. The molecule has 20 heavy (non-hydrogen) atoms. The second-order valence-corrected chi connectivity index (χ2v) is 5.75. The van der Waals surface area contributed by atoms with E-state index in [2.05, 4.69) is 34.0 Å². The van der Waals surface area contributed by atoms with Crippen molar-refractivity contribution in [2.45, 2.75) is 18.8 Å². The number of halogens is 1. The molecule has 0 spiro atoms. The number of hydrogen-bond acceptors (Lipinski definition) is 3. The summed E-state index contributed by atoms with van der Waals surface area (Å²) in [6.07, 6.45) is 0. The minimum Gasteiger partial charge on any atom is -0.319 e. The van der Waals surface area contributed by atoms with Gasteiger partial charge in [-0.3, -0.25) is 0 Å². The van der Waals surface area contributed by atoms with Gasteiger partial charge in [-0.25, -0.2) is 4.98 Å². The van der Waals surface area contributed by atoms with Crippen LogP contribution in [0.15, 0.2) is 35.7 Å². The van der Waals surface area contributed by atoms with Gasteiger partial charge in [0.05, 0.1) is 23.0 Å². The Balaban J connectivity index is 2.27. The molecule has 3 aromatic rings. The first kappa shape index (κ1) is 13.2. The standard InChI is InChI=1S/C15H12ClN3S/c1-10(13-6-3-7-20-13)19-12-5-2-4-11(9-17)15(12)18-14(19)8-16/h2-7,10H,8H2,1H3. The number of alkyl halides is 1. The summed E-state index contributed by atoms with van der Waals surface area (Å²) in [5, 5.41) is 11.3. The number of hydrogen-bond donors (Lipinski definition) is 0. The molecule has 2 aromatic heterocycles. The van der Waals surface area contributed by atoms with Crippen molar-refractivity contribution in [1.29, 1.82) is 5.26 Å². The smallest absolute Gasteiger partial charge is 0.125 e. The Morgan fingerprint density at radius 1 is 1.40 bits per heavy atom. The highest BCUT2D eigenvalue weighted by Crippen LogP contribution is 2.30. The Labute approximate surface area is 126 Å². The van der Waals surface area contributed by atoms with E-state index in [0.29, 0.717) is 11.4 Å². The van der Waals surface area contributed by atoms with Gasteiger partial charge in [-0.1, -0.05) is 12.1 Å². The average molecular weight is 302 g/mol. The monoisotopic (exact) mass is 301 g/mol. The molecular weight excluding hydrogens is 290 g/mol. The average Bonchev–Trinajstić information content (AvgIpc) is 3.12. The molecular formula is C15H12ClN3S. The molecule has 0 fully saturated rings. The van der Waals surface area contributed by atoms with E-state index in [-0.39, 0.29) is 6.04 Å². The third-order valence-electron chi connectivity index (χ3n) is 3.38. The molecule has 3 rings (SSSR count). The van der Waals surface area contributed by atoms with Crippen LogP contribution in [0, 0.1) is 11.3 Å². The zero-order valence-corrected chi connectivity index (χ0v) is 12.4. The van der Waals surface area contributed by atoms with Crippen molar-refractivity contribution in [3.05, 3.63) is 52.0 Å². The Hall–Kier alpha value is -1.83. The topological polar surface area (TPSA) is 41.6 Å². The minimum absolute atomic E-state index is 0.155. The van der Waals surface area contributed by atoms with E-state index in [0.717, 1.165) is 16.9 Å². The van der Waals surface area contributed by atoms with E-state index >= 15 is 0 Å². The van der Waals surface area contributed by atoms with E-state index in [1.54, 1.807) is 17.4 Å². The maximum atomic E-state index is 9.20. The molecule has 0 saturated carbocycles. The van der Waals surface area contributed by atoms with Gasteiger partial charge in [0.25, 0.3) is 0 Å². The Kier molecular flexibility index (Phi) is 3.47. The van der Waals surface area contributed by atoms with E-state index in [1.165, 1.54) is 4.88 Å². The molecule has 0 N–H and O–H groups in total. The van der Waals surface area contributed by atoms with Crippen LogP contribution in [0.5, 0.6) is 0 Å². The van der Waals surface area contributed by atoms with Gasteiger partial charge in [-0.2, -0.15) is 5.26 Å². The first-order chi connectivity index (χ1) is 9.76. The summed E-state index contributed by atoms with van der Waals surface area (Å²) in [5.41, 5.74) is 2.28. The van der Waals surface area contributed by atoms with Crippen molar-refractivity contribution in [3.8, 4) is 6.07 Å². The van der Waals surface area contributed by atoms with Gasteiger partial charge in [0.15, 0.2) is 0 Å². The largest absolute Gasteiger partial charge is 0.319 e. The molecule has 0 aliphatic heterocycles. The van der Waals surface area contributed by atoms with Crippen LogP contribution in [0.3, 0.4) is 0 Å². The van der Waals surface area contributed by atoms with Crippen molar-refractivity contribution >= 4 is 34.0 Å². The van der Waals surface area contributed by atoms with Gasteiger partial charge in [0, 0.05) is 4.88 Å². The summed E-state index contributed by atoms with van der Waals surface area (Å²) in [6.45, 7) is 2.13. The number of aromatic nitrogens is 2. The second-order valence-electron chi connectivity index (χ2n) is 4.51. The quantitative estimate of drug-likeness (QED) is 0.676. The van der Waals surface area contributed by atoms with Gasteiger partial charge in [-0.05, 0) is 30.5 Å². The third kappa shape index (κ3) is 2.00. The van der Waals surface area contributed by atoms with Crippen molar-refractivity contribution in [2.75, 3.05) is 0 Å². The first-order valence-corrected chi connectivity index (χ1v) is 7.67. The molecule has 2 heterocycles.